The fourth-order valence-corrected chi connectivity index (χ4v) is 2.01. The molecule has 0 saturated heterocycles. The van der Waals surface area contributed by atoms with Gasteiger partial charge in [0.1, 0.15) is 11.8 Å². The minimum absolute atomic E-state index is 0.00456. The van der Waals surface area contributed by atoms with Crippen molar-refractivity contribution in [3.05, 3.63) is 49.3 Å². The molecule has 0 saturated carbocycles. The zero-order valence-electron chi connectivity index (χ0n) is 9.55. The number of hydrogen-bond acceptors (Lipinski definition) is 5. The molecule has 8 heteroatoms. The lowest BCUT2D eigenvalue weighted by Crippen LogP contribution is -2.04. The van der Waals surface area contributed by atoms with Crippen LogP contribution in [0.1, 0.15) is 11.3 Å². The minimum Gasteiger partial charge on any atom is -0.374 e. The van der Waals surface area contributed by atoms with E-state index in [1.807, 2.05) is 28.7 Å². The Morgan fingerprint density at radius 1 is 1.58 bits per heavy atom. The van der Waals surface area contributed by atoms with Crippen molar-refractivity contribution in [1.82, 2.24) is 10.2 Å². The number of nitro groups is 1. The van der Waals surface area contributed by atoms with Crippen LogP contribution in [0.4, 0.5) is 11.4 Å². The third-order valence-electron chi connectivity index (χ3n) is 2.45. The van der Waals surface area contributed by atoms with Crippen molar-refractivity contribution in [2.24, 2.45) is 0 Å². The lowest BCUT2D eigenvalue weighted by atomic mass is 10.2. The maximum Gasteiger partial charge on any atom is 0.293 e. The van der Waals surface area contributed by atoms with Crippen molar-refractivity contribution in [3.63, 3.8) is 0 Å². The average Bonchev–Trinajstić information content (AvgIpc) is 2.84. The standard InChI is InChI=1S/C11H8IN5O2/c12-8-1-2-9(11(3-8)17(18)19)14-6-10-7(4-13)5-15-16-10/h1-3,5,14H,6H2,(H,15,16). The number of H-pyrrole nitrogens is 1. The molecule has 2 aromatic rings. The van der Waals surface area contributed by atoms with Crippen LogP contribution >= 0.6 is 22.6 Å². The van der Waals surface area contributed by atoms with Crippen molar-refractivity contribution in [3.8, 4) is 6.07 Å². The summed E-state index contributed by atoms with van der Waals surface area (Å²) in [6, 6.07) is 6.89. The summed E-state index contributed by atoms with van der Waals surface area (Å²) >= 11 is 2.01. The number of nitro benzene ring substituents is 1. The molecule has 1 aromatic carbocycles. The van der Waals surface area contributed by atoms with Crippen LogP contribution in [0, 0.1) is 25.0 Å². The average molecular weight is 369 g/mol. The summed E-state index contributed by atoms with van der Waals surface area (Å²) in [4.78, 5) is 10.5. The van der Waals surface area contributed by atoms with Gasteiger partial charge in [-0.2, -0.15) is 10.4 Å². The summed E-state index contributed by atoms with van der Waals surface area (Å²) < 4.78 is 0.786. The molecule has 0 fully saturated rings. The van der Waals surface area contributed by atoms with E-state index in [1.54, 1.807) is 12.1 Å². The number of benzene rings is 1. The van der Waals surface area contributed by atoms with Gasteiger partial charge in [0.15, 0.2) is 0 Å². The fourth-order valence-electron chi connectivity index (χ4n) is 1.53. The van der Waals surface area contributed by atoms with Crippen molar-refractivity contribution in [2.75, 3.05) is 5.32 Å². The molecule has 0 aliphatic rings. The Labute approximate surface area is 121 Å². The lowest BCUT2D eigenvalue weighted by Gasteiger charge is -2.06. The minimum atomic E-state index is -0.442. The van der Waals surface area contributed by atoms with E-state index in [2.05, 4.69) is 15.5 Å². The Kier molecular flexibility index (Phi) is 3.96. The van der Waals surface area contributed by atoms with E-state index in [9.17, 15) is 10.1 Å². The quantitative estimate of drug-likeness (QED) is 0.489. The van der Waals surface area contributed by atoms with Gasteiger partial charge in [-0.3, -0.25) is 15.2 Å². The van der Waals surface area contributed by atoms with E-state index in [4.69, 9.17) is 5.26 Å². The predicted octanol–water partition coefficient (Wildman–Crippen LogP) is 2.41. The summed E-state index contributed by atoms with van der Waals surface area (Å²) in [5.41, 5.74) is 1.42. The lowest BCUT2D eigenvalue weighted by molar-refractivity contribution is -0.384. The van der Waals surface area contributed by atoms with Gasteiger partial charge in [-0.25, -0.2) is 0 Å². The number of hydrogen-bond donors (Lipinski definition) is 2. The van der Waals surface area contributed by atoms with Gasteiger partial charge in [0.2, 0.25) is 0 Å². The summed E-state index contributed by atoms with van der Waals surface area (Å²) in [6.45, 7) is 0.268. The van der Waals surface area contributed by atoms with E-state index in [0.29, 0.717) is 16.9 Å². The van der Waals surface area contributed by atoms with E-state index >= 15 is 0 Å². The first-order chi connectivity index (χ1) is 9.11. The van der Waals surface area contributed by atoms with E-state index < -0.39 is 4.92 Å². The van der Waals surface area contributed by atoms with Gasteiger partial charge in [0.05, 0.1) is 28.9 Å². The third kappa shape index (κ3) is 3.00. The molecule has 0 bridgehead atoms. The fraction of sp³-hybridized carbons (Fsp3) is 0.0909. The van der Waals surface area contributed by atoms with Crippen molar-refractivity contribution < 1.29 is 4.92 Å². The van der Waals surface area contributed by atoms with E-state index in [-0.39, 0.29) is 12.2 Å². The molecule has 0 amide bonds. The smallest absolute Gasteiger partial charge is 0.293 e. The van der Waals surface area contributed by atoms with Gasteiger partial charge >= 0.3 is 0 Å². The van der Waals surface area contributed by atoms with Crippen molar-refractivity contribution in [1.29, 1.82) is 5.26 Å². The van der Waals surface area contributed by atoms with Crippen LogP contribution < -0.4 is 5.32 Å². The Bertz CT molecular complexity index is 661. The second kappa shape index (κ2) is 5.66. The van der Waals surface area contributed by atoms with Gasteiger partial charge in [0, 0.05) is 9.64 Å². The molecule has 1 heterocycles. The summed E-state index contributed by atoms with van der Waals surface area (Å²) in [5.74, 6) is 0. The first kappa shape index (κ1) is 13.3. The molecule has 0 aliphatic heterocycles. The number of nitrogens with one attached hydrogen (secondary N) is 2. The molecule has 0 spiro atoms. The highest BCUT2D eigenvalue weighted by Gasteiger charge is 2.14. The molecule has 19 heavy (non-hydrogen) atoms. The number of rotatable bonds is 4. The Balaban J connectivity index is 2.21. The van der Waals surface area contributed by atoms with Gasteiger partial charge in [-0.15, -0.1) is 0 Å². The number of nitrogens with zero attached hydrogens (tertiary/aromatic N) is 3. The molecule has 2 rings (SSSR count). The Morgan fingerprint density at radius 3 is 3.05 bits per heavy atom. The number of nitriles is 1. The number of anilines is 1. The number of halogens is 1. The molecule has 0 radical (unpaired) electrons. The highest BCUT2D eigenvalue weighted by molar-refractivity contribution is 14.1. The van der Waals surface area contributed by atoms with Gasteiger partial charge in [-0.05, 0) is 34.7 Å². The maximum absolute atomic E-state index is 10.9. The predicted molar refractivity (Wildman–Crippen MR) is 76.4 cm³/mol. The Morgan fingerprint density at radius 2 is 2.37 bits per heavy atom. The molecule has 2 N–H and O–H groups in total. The van der Waals surface area contributed by atoms with E-state index in [1.165, 1.54) is 12.3 Å². The van der Waals surface area contributed by atoms with Crippen LogP contribution in [0.25, 0.3) is 0 Å². The number of aromatic amines is 1. The van der Waals surface area contributed by atoms with Crippen LogP contribution in [0.15, 0.2) is 24.4 Å². The summed E-state index contributed by atoms with van der Waals surface area (Å²) in [7, 11) is 0. The first-order valence-electron chi connectivity index (χ1n) is 5.22. The van der Waals surface area contributed by atoms with Gasteiger partial charge < -0.3 is 5.32 Å². The van der Waals surface area contributed by atoms with Gasteiger partial charge in [-0.1, -0.05) is 0 Å². The maximum atomic E-state index is 10.9. The molecule has 0 aliphatic carbocycles. The zero-order valence-corrected chi connectivity index (χ0v) is 11.7. The van der Waals surface area contributed by atoms with Crippen LogP contribution in [0.5, 0.6) is 0 Å². The molecular formula is C11H8IN5O2. The molecule has 0 unspecified atom stereocenters. The summed E-state index contributed by atoms with van der Waals surface area (Å²) in [6.07, 6.45) is 1.42. The van der Waals surface area contributed by atoms with Crippen LogP contribution in [0.3, 0.4) is 0 Å². The summed E-state index contributed by atoms with van der Waals surface area (Å²) in [5, 5.41) is 29.2. The Hall–Kier alpha value is -2.15. The number of aromatic nitrogens is 2. The second-order valence-corrected chi connectivity index (χ2v) is 4.89. The topological polar surface area (TPSA) is 108 Å². The zero-order chi connectivity index (χ0) is 13.8. The molecular weight excluding hydrogens is 361 g/mol. The SMILES string of the molecule is N#Cc1cn[nH]c1CNc1ccc(I)cc1[N+](=O)[O-]. The monoisotopic (exact) mass is 369 g/mol. The van der Waals surface area contributed by atoms with Gasteiger partial charge in [0.25, 0.3) is 5.69 Å². The first-order valence-corrected chi connectivity index (χ1v) is 6.30. The van der Waals surface area contributed by atoms with E-state index in [0.717, 1.165) is 3.57 Å². The molecule has 7 nitrogen and oxygen atoms in total. The van der Waals surface area contributed by atoms with Crippen molar-refractivity contribution in [2.45, 2.75) is 6.54 Å². The molecule has 0 atom stereocenters. The van der Waals surface area contributed by atoms with Crippen LogP contribution in [-0.4, -0.2) is 15.1 Å². The normalized spacial score (nSPS) is 9.89. The molecule has 96 valence electrons. The van der Waals surface area contributed by atoms with Crippen LogP contribution in [-0.2, 0) is 6.54 Å². The third-order valence-corrected chi connectivity index (χ3v) is 3.12. The second-order valence-electron chi connectivity index (χ2n) is 3.65. The van der Waals surface area contributed by atoms with Crippen LogP contribution in [0.2, 0.25) is 0 Å². The van der Waals surface area contributed by atoms with Crippen molar-refractivity contribution >= 4 is 34.0 Å². The highest BCUT2D eigenvalue weighted by Crippen LogP contribution is 2.26. The highest BCUT2D eigenvalue weighted by atomic mass is 127. The molecule has 1 aromatic heterocycles. The largest absolute Gasteiger partial charge is 0.374 e.